The Hall–Kier alpha value is -2.10. The zero-order chi connectivity index (χ0) is 19.4. The van der Waals surface area contributed by atoms with Gasteiger partial charge in [-0.1, -0.05) is 23.8 Å². The summed E-state index contributed by atoms with van der Waals surface area (Å²) in [6.07, 6.45) is 3.60. The molecule has 28 heavy (non-hydrogen) atoms. The van der Waals surface area contributed by atoms with Crippen LogP contribution < -0.4 is 10.2 Å². The number of aryl methyl sites for hydroxylation is 3. The van der Waals surface area contributed by atoms with Gasteiger partial charge in [0, 0.05) is 32.9 Å². The van der Waals surface area contributed by atoms with Crippen molar-refractivity contribution in [2.45, 2.75) is 27.3 Å². The van der Waals surface area contributed by atoms with E-state index in [0.717, 1.165) is 24.7 Å². The van der Waals surface area contributed by atoms with Gasteiger partial charge in [-0.2, -0.15) is 5.10 Å². The van der Waals surface area contributed by atoms with Crippen molar-refractivity contribution in [3.05, 3.63) is 47.3 Å². The molecule has 2 heterocycles. The van der Waals surface area contributed by atoms with Crippen molar-refractivity contribution < 1.29 is 4.79 Å². The molecule has 7 nitrogen and oxygen atoms in total. The summed E-state index contributed by atoms with van der Waals surface area (Å²) in [5.74, 6) is 0.850. The monoisotopic (exact) mass is 496 g/mol. The first-order valence-corrected chi connectivity index (χ1v) is 9.36. The maximum Gasteiger partial charge on any atom is 0.246 e. The number of piperazine rings is 1. The Morgan fingerprint density at radius 1 is 1.29 bits per heavy atom. The number of nitrogens with zero attached hydrogens (tertiary/aromatic N) is 5. The fourth-order valence-electron chi connectivity index (χ4n) is 3.28. The summed E-state index contributed by atoms with van der Waals surface area (Å²) in [5.41, 5.74) is 4.55. The number of rotatable bonds is 4. The van der Waals surface area contributed by atoms with Crippen molar-refractivity contribution in [2.24, 2.45) is 12.0 Å². The lowest BCUT2D eigenvalue weighted by Crippen LogP contribution is -2.55. The van der Waals surface area contributed by atoms with E-state index < -0.39 is 0 Å². The lowest BCUT2D eigenvalue weighted by Gasteiger charge is -2.35. The second-order valence-electron chi connectivity index (χ2n) is 6.94. The van der Waals surface area contributed by atoms with Crippen LogP contribution in [0.4, 0.5) is 5.69 Å². The van der Waals surface area contributed by atoms with Crippen LogP contribution >= 0.6 is 24.0 Å². The van der Waals surface area contributed by atoms with Gasteiger partial charge in [-0.05, 0) is 31.9 Å². The summed E-state index contributed by atoms with van der Waals surface area (Å²) < 4.78 is 1.71. The van der Waals surface area contributed by atoms with E-state index in [2.05, 4.69) is 42.5 Å². The fourth-order valence-corrected chi connectivity index (χ4v) is 3.28. The molecule has 152 valence electrons. The zero-order valence-corrected chi connectivity index (χ0v) is 19.3. The molecule has 1 aromatic carbocycles. The molecule has 1 saturated heterocycles. The molecule has 0 spiro atoms. The van der Waals surface area contributed by atoms with E-state index in [1.165, 1.54) is 16.7 Å². The van der Waals surface area contributed by atoms with Gasteiger partial charge in [0.15, 0.2) is 5.96 Å². The van der Waals surface area contributed by atoms with Crippen LogP contribution in [0.1, 0.15) is 23.6 Å². The van der Waals surface area contributed by atoms with E-state index in [4.69, 9.17) is 4.99 Å². The van der Waals surface area contributed by atoms with Gasteiger partial charge >= 0.3 is 0 Å². The third-order valence-corrected chi connectivity index (χ3v) is 4.76. The Morgan fingerprint density at radius 3 is 2.68 bits per heavy atom. The summed E-state index contributed by atoms with van der Waals surface area (Å²) in [6, 6.07) is 6.41. The van der Waals surface area contributed by atoms with Crippen LogP contribution in [0.15, 0.2) is 35.6 Å². The average Bonchev–Trinajstić information content (AvgIpc) is 3.06. The fraction of sp³-hybridized carbons (Fsp3) is 0.450. The van der Waals surface area contributed by atoms with Gasteiger partial charge < -0.3 is 15.1 Å². The molecular formula is C20H29IN6O. The number of amides is 1. The number of anilines is 1. The summed E-state index contributed by atoms with van der Waals surface area (Å²) in [7, 11) is 1.85. The van der Waals surface area contributed by atoms with Gasteiger partial charge in [-0.15, -0.1) is 24.0 Å². The Kier molecular flexibility index (Phi) is 7.85. The Labute approximate surface area is 183 Å². The third kappa shape index (κ3) is 5.24. The Morgan fingerprint density at radius 2 is 2.07 bits per heavy atom. The topological polar surface area (TPSA) is 65.8 Å². The molecule has 1 aliphatic heterocycles. The van der Waals surface area contributed by atoms with E-state index >= 15 is 0 Å². The molecule has 2 aromatic rings. The molecule has 1 fully saturated rings. The lowest BCUT2D eigenvalue weighted by molar-refractivity contribution is -0.120. The number of carbonyl (C=O) groups excluding carboxylic acids is 1. The number of halogens is 1. The van der Waals surface area contributed by atoms with Crippen LogP contribution in [0.2, 0.25) is 0 Å². The summed E-state index contributed by atoms with van der Waals surface area (Å²) >= 11 is 0. The predicted molar refractivity (Wildman–Crippen MR) is 123 cm³/mol. The summed E-state index contributed by atoms with van der Waals surface area (Å²) in [5, 5.41) is 7.48. The van der Waals surface area contributed by atoms with E-state index in [9.17, 15) is 4.79 Å². The van der Waals surface area contributed by atoms with Gasteiger partial charge in [0.1, 0.15) is 6.54 Å². The second-order valence-corrected chi connectivity index (χ2v) is 6.94. The molecule has 8 heteroatoms. The number of hydrogen-bond acceptors (Lipinski definition) is 3. The number of benzene rings is 1. The highest BCUT2D eigenvalue weighted by molar-refractivity contribution is 14.0. The van der Waals surface area contributed by atoms with Gasteiger partial charge in [-0.25, -0.2) is 4.99 Å². The maximum absolute atomic E-state index is 12.7. The maximum atomic E-state index is 12.7. The standard InChI is InChI=1S/C20H28N6O.HI/c1-5-21-20(22-11-17-7-6-15(2)10-16(17)3)25-8-9-26(19(27)14-25)18-12-23-24(4)13-18;/h6-7,10,12-13H,5,8-9,11,14H2,1-4H3,(H,21,22);1H. The molecular weight excluding hydrogens is 467 g/mol. The highest BCUT2D eigenvalue weighted by Gasteiger charge is 2.27. The van der Waals surface area contributed by atoms with Crippen molar-refractivity contribution in [1.29, 1.82) is 0 Å². The largest absolute Gasteiger partial charge is 0.356 e. The first kappa shape index (κ1) is 22.2. The first-order chi connectivity index (χ1) is 13.0. The van der Waals surface area contributed by atoms with Crippen molar-refractivity contribution in [3.8, 4) is 0 Å². The molecule has 0 atom stereocenters. The molecule has 0 aliphatic carbocycles. The van der Waals surface area contributed by atoms with E-state index in [1.54, 1.807) is 15.8 Å². The van der Waals surface area contributed by atoms with E-state index in [0.29, 0.717) is 19.6 Å². The molecule has 1 aromatic heterocycles. The summed E-state index contributed by atoms with van der Waals surface area (Å²) in [6.45, 7) is 9.29. The molecule has 0 saturated carbocycles. The minimum Gasteiger partial charge on any atom is -0.356 e. The normalized spacial score (nSPS) is 14.9. The summed E-state index contributed by atoms with van der Waals surface area (Å²) in [4.78, 5) is 21.3. The number of carbonyl (C=O) groups is 1. The Bertz CT molecular complexity index is 847. The zero-order valence-electron chi connectivity index (χ0n) is 17.0. The molecule has 1 aliphatic rings. The number of guanidine groups is 1. The highest BCUT2D eigenvalue weighted by Crippen LogP contribution is 2.17. The van der Waals surface area contributed by atoms with Crippen molar-refractivity contribution in [3.63, 3.8) is 0 Å². The van der Waals surface area contributed by atoms with Crippen molar-refractivity contribution >= 4 is 41.5 Å². The second kappa shape index (κ2) is 9.90. The number of hydrogen-bond donors (Lipinski definition) is 1. The first-order valence-electron chi connectivity index (χ1n) is 9.36. The molecule has 0 bridgehead atoms. The molecule has 3 rings (SSSR count). The molecule has 1 N–H and O–H groups in total. The van der Waals surface area contributed by atoms with Crippen LogP contribution in [-0.4, -0.2) is 52.7 Å². The SMILES string of the molecule is CCNC(=NCc1ccc(C)cc1C)N1CCN(c2cnn(C)c2)C(=O)C1.I. The van der Waals surface area contributed by atoms with Gasteiger partial charge in [0.25, 0.3) is 0 Å². The Balaban J connectivity index is 0.00000280. The smallest absolute Gasteiger partial charge is 0.246 e. The van der Waals surface area contributed by atoms with Crippen molar-refractivity contribution in [2.75, 3.05) is 31.1 Å². The minimum absolute atomic E-state index is 0. The minimum atomic E-state index is 0. The quantitative estimate of drug-likeness (QED) is 0.402. The van der Waals surface area contributed by atoms with Crippen LogP contribution in [0.25, 0.3) is 0 Å². The van der Waals surface area contributed by atoms with Crippen molar-refractivity contribution in [1.82, 2.24) is 20.0 Å². The van der Waals surface area contributed by atoms with Gasteiger partial charge in [0.05, 0.1) is 18.4 Å². The van der Waals surface area contributed by atoms with Crippen LogP contribution in [0.3, 0.4) is 0 Å². The predicted octanol–water partition coefficient (Wildman–Crippen LogP) is 2.47. The van der Waals surface area contributed by atoms with Crippen LogP contribution in [0.5, 0.6) is 0 Å². The molecule has 1 amide bonds. The number of nitrogens with one attached hydrogen (secondary N) is 1. The highest BCUT2D eigenvalue weighted by atomic mass is 127. The number of aliphatic imine (C=N–C) groups is 1. The molecule has 0 unspecified atom stereocenters. The van der Waals surface area contributed by atoms with E-state index in [1.807, 2.05) is 25.1 Å². The van der Waals surface area contributed by atoms with Gasteiger partial charge in [-0.3, -0.25) is 9.48 Å². The number of aromatic nitrogens is 2. The lowest BCUT2D eigenvalue weighted by atomic mass is 10.1. The van der Waals surface area contributed by atoms with Crippen LogP contribution in [0, 0.1) is 13.8 Å². The average molecular weight is 496 g/mol. The third-order valence-electron chi connectivity index (χ3n) is 4.76. The van der Waals surface area contributed by atoms with E-state index in [-0.39, 0.29) is 29.9 Å². The van der Waals surface area contributed by atoms with Gasteiger partial charge in [0.2, 0.25) is 5.91 Å². The molecule has 0 radical (unpaired) electrons. The van der Waals surface area contributed by atoms with Crippen LogP contribution in [-0.2, 0) is 18.4 Å².